The highest BCUT2D eigenvalue weighted by Gasteiger charge is 2.53. The quantitative estimate of drug-likeness (QED) is 0.604. The van der Waals surface area contributed by atoms with Crippen molar-refractivity contribution in [2.24, 2.45) is 0 Å². The Labute approximate surface area is 186 Å². The number of nitrogens with one attached hydrogen (secondary N) is 2. The number of aryl methyl sites for hydroxylation is 1. The van der Waals surface area contributed by atoms with Crippen LogP contribution in [0.4, 0.5) is 4.79 Å². The van der Waals surface area contributed by atoms with E-state index in [-0.39, 0.29) is 24.5 Å². The number of benzene rings is 2. The fourth-order valence-corrected chi connectivity index (χ4v) is 5.66. The molecule has 1 fully saturated rings. The molecule has 32 heavy (non-hydrogen) atoms. The van der Waals surface area contributed by atoms with E-state index in [1.165, 1.54) is 6.07 Å². The van der Waals surface area contributed by atoms with E-state index in [0.29, 0.717) is 23.4 Å². The summed E-state index contributed by atoms with van der Waals surface area (Å²) >= 11 is 0. The number of hydrogen-bond acceptors (Lipinski definition) is 7. The van der Waals surface area contributed by atoms with Crippen LogP contribution in [0.15, 0.2) is 47.4 Å². The molecule has 0 aliphatic carbocycles. The summed E-state index contributed by atoms with van der Waals surface area (Å²) < 4.78 is 44.3. The first-order valence-corrected chi connectivity index (χ1v) is 11.7. The number of esters is 1. The summed E-state index contributed by atoms with van der Waals surface area (Å²) in [6, 6.07) is 11.8. The SMILES string of the molecule is CCOC(=O)[C@]1(Cc2cc(C)cc(OCC3CNC(=O)O3)c2)NS(=O)(=O)c2ccccc21. The Morgan fingerprint density at radius 3 is 2.75 bits per heavy atom. The highest BCUT2D eigenvalue weighted by atomic mass is 32.2. The van der Waals surface area contributed by atoms with Gasteiger partial charge in [0.1, 0.15) is 12.4 Å². The predicted octanol–water partition coefficient (Wildman–Crippen LogP) is 1.78. The topological polar surface area (TPSA) is 120 Å². The molecule has 9 nitrogen and oxygen atoms in total. The van der Waals surface area contributed by atoms with Crippen LogP contribution < -0.4 is 14.8 Å². The van der Waals surface area contributed by atoms with Crippen molar-refractivity contribution in [3.63, 3.8) is 0 Å². The molecule has 1 amide bonds. The van der Waals surface area contributed by atoms with Gasteiger partial charge in [-0.25, -0.2) is 18.0 Å². The van der Waals surface area contributed by atoms with Gasteiger partial charge in [-0.05, 0) is 43.2 Å². The number of ether oxygens (including phenoxy) is 3. The minimum Gasteiger partial charge on any atom is -0.490 e. The second-order valence-corrected chi connectivity index (χ2v) is 9.43. The van der Waals surface area contributed by atoms with Crippen LogP contribution in [0.3, 0.4) is 0 Å². The molecular formula is C22H24N2O7S. The third-order valence-electron chi connectivity index (χ3n) is 5.33. The van der Waals surface area contributed by atoms with Gasteiger partial charge in [-0.2, -0.15) is 4.72 Å². The number of amides is 1. The second-order valence-electron chi connectivity index (χ2n) is 7.78. The molecule has 0 spiro atoms. The van der Waals surface area contributed by atoms with Crippen molar-refractivity contribution in [2.75, 3.05) is 19.8 Å². The minimum absolute atomic E-state index is 0.0418. The number of alkyl carbamates (subject to hydrolysis) is 1. The molecule has 2 aromatic carbocycles. The van der Waals surface area contributed by atoms with Crippen LogP contribution in [0, 0.1) is 6.92 Å². The van der Waals surface area contributed by atoms with E-state index in [9.17, 15) is 18.0 Å². The normalized spacial score (nSPS) is 23.2. The lowest BCUT2D eigenvalue weighted by atomic mass is 9.84. The third kappa shape index (κ3) is 4.15. The van der Waals surface area contributed by atoms with Gasteiger partial charge in [0.15, 0.2) is 11.6 Å². The monoisotopic (exact) mass is 460 g/mol. The Kier molecular flexibility index (Phi) is 5.83. The molecule has 170 valence electrons. The van der Waals surface area contributed by atoms with E-state index >= 15 is 0 Å². The molecule has 1 saturated heterocycles. The van der Waals surface area contributed by atoms with Crippen molar-refractivity contribution < 1.29 is 32.2 Å². The number of cyclic esters (lactones) is 1. The minimum atomic E-state index is -3.88. The van der Waals surface area contributed by atoms with Gasteiger partial charge in [0.05, 0.1) is 18.0 Å². The standard InChI is InChI=1S/C22H24N2O7S/c1-3-29-20(25)22(18-6-4-5-7-19(18)32(27,28)24-22)11-15-8-14(2)9-16(10-15)30-13-17-12-23-21(26)31-17/h4-10,17,24H,3,11-13H2,1-2H3,(H,23,26)/t17?,22-/m1/s1. The summed E-state index contributed by atoms with van der Waals surface area (Å²) in [7, 11) is -3.88. The third-order valence-corrected chi connectivity index (χ3v) is 6.88. The Morgan fingerprint density at radius 2 is 2.03 bits per heavy atom. The van der Waals surface area contributed by atoms with Gasteiger partial charge in [0.2, 0.25) is 10.0 Å². The van der Waals surface area contributed by atoms with Crippen molar-refractivity contribution in [1.29, 1.82) is 0 Å². The van der Waals surface area contributed by atoms with Crippen LogP contribution in [0.5, 0.6) is 5.75 Å². The first-order chi connectivity index (χ1) is 15.2. The lowest BCUT2D eigenvalue weighted by Crippen LogP contribution is -2.49. The maximum Gasteiger partial charge on any atom is 0.407 e. The fourth-order valence-electron chi connectivity index (χ4n) is 4.03. The van der Waals surface area contributed by atoms with Crippen LogP contribution in [0.1, 0.15) is 23.6 Å². The van der Waals surface area contributed by atoms with Crippen LogP contribution in [-0.2, 0) is 36.3 Å². The first kappa shape index (κ1) is 22.1. The summed E-state index contributed by atoms with van der Waals surface area (Å²) in [6.45, 7) is 4.19. The summed E-state index contributed by atoms with van der Waals surface area (Å²) in [5.74, 6) is -0.141. The lowest BCUT2D eigenvalue weighted by molar-refractivity contribution is -0.150. The molecule has 10 heteroatoms. The number of hydrogen-bond donors (Lipinski definition) is 2. The zero-order valence-corrected chi connectivity index (χ0v) is 18.5. The Bertz CT molecular complexity index is 1160. The average molecular weight is 461 g/mol. The number of rotatable bonds is 7. The summed E-state index contributed by atoms with van der Waals surface area (Å²) in [4.78, 5) is 24.3. The first-order valence-electron chi connectivity index (χ1n) is 10.2. The zero-order chi connectivity index (χ0) is 22.9. The number of fused-ring (bicyclic) bond motifs is 1. The van der Waals surface area contributed by atoms with Gasteiger partial charge < -0.3 is 19.5 Å². The molecule has 0 bridgehead atoms. The van der Waals surface area contributed by atoms with Crippen molar-refractivity contribution in [3.05, 3.63) is 59.2 Å². The summed E-state index contributed by atoms with van der Waals surface area (Å²) in [5.41, 5.74) is 0.328. The molecule has 1 unspecified atom stereocenters. The van der Waals surface area contributed by atoms with E-state index in [2.05, 4.69) is 10.0 Å². The molecule has 0 saturated carbocycles. The number of carbonyl (C=O) groups is 2. The number of sulfonamides is 1. The maximum absolute atomic E-state index is 13.1. The lowest BCUT2D eigenvalue weighted by Gasteiger charge is -2.27. The van der Waals surface area contributed by atoms with E-state index in [1.807, 2.05) is 19.1 Å². The second kappa shape index (κ2) is 8.44. The van der Waals surface area contributed by atoms with Gasteiger partial charge in [-0.1, -0.05) is 24.3 Å². The van der Waals surface area contributed by atoms with Gasteiger partial charge in [-0.3, -0.25) is 0 Å². The molecule has 2 heterocycles. The van der Waals surface area contributed by atoms with Gasteiger partial charge in [0.25, 0.3) is 0 Å². The largest absolute Gasteiger partial charge is 0.490 e. The van der Waals surface area contributed by atoms with Crippen molar-refractivity contribution in [2.45, 2.75) is 36.8 Å². The molecular weight excluding hydrogens is 436 g/mol. The molecule has 2 aromatic rings. The highest BCUT2D eigenvalue weighted by molar-refractivity contribution is 7.90. The molecule has 0 aromatic heterocycles. The van der Waals surface area contributed by atoms with Crippen molar-refractivity contribution >= 4 is 22.1 Å². The molecule has 2 atom stereocenters. The smallest absolute Gasteiger partial charge is 0.407 e. The van der Waals surface area contributed by atoms with E-state index in [0.717, 1.165) is 5.56 Å². The van der Waals surface area contributed by atoms with Crippen LogP contribution >= 0.6 is 0 Å². The van der Waals surface area contributed by atoms with Crippen molar-refractivity contribution in [3.8, 4) is 5.75 Å². The van der Waals surface area contributed by atoms with E-state index < -0.39 is 33.7 Å². The van der Waals surface area contributed by atoms with Crippen LogP contribution in [0.25, 0.3) is 0 Å². The Morgan fingerprint density at radius 1 is 1.25 bits per heavy atom. The van der Waals surface area contributed by atoms with Gasteiger partial charge in [-0.15, -0.1) is 0 Å². The molecule has 2 N–H and O–H groups in total. The Hall–Kier alpha value is -3.11. The Balaban J connectivity index is 1.66. The maximum atomic E-state index is 13.1. The molecule has 2 aliphatic rings. The molecule has 4 rings (SSSR count). The fraction of sp³-hybridized carbons (Fsp3) is 0.364. The zero-order valence-electron chi connectivity index (χ0n) is 17.7. The highest BCUT2D eigenvalue weighted by Crippen LogP contribution is 2.39. The predicted molar refractivity (Wildman–Crippen MR) is 114 cm³/mol. The van der Waals surface area contributed by atoms with E-state index in [4.69, 9.17) is 14.2 Å². The number of carbonyl (C=O) groups excluding carboxylic acids is 2. The van der Waals surface area contributed by atoms with Crippen LogP contribution in [-0.4, -0.2) is 46.3 Å². The molecule has 0 radical (unpaired) electrons. The summed E-state index contributed by atoms with van der Waals surface area (Å²) in [6.07, 6.45) is -0.835. The van der Waals surface area contributed by atoms with Crippen LogP contribution in [0.2, 0.25) is 0 Å². The average Bonchev–Trinajstić information content (AvgIpc) is 3.26. The molecule has 2 aliphatic heterocycles. The van der Waals surface area contributed by atoms with Gasteiger partial charge >= 0.3 is 12.1 Å². The van der Waals surface area contributed by atoms with E-state index in [1.54, 1.807) is 31.2 Å². The summed E-state index contributed by atoms with van der Waals surface area (Å²) in [5, 5.41) is 2.57. The van der Waals surface area contributed by atoms with Crippen molar-refractivity contribution in [1.82, 2.24) is 10.0 Å². The van der Waals surface area contributed by atoms with Gasteiger partial charge in [0, 0.05) is 12.0 Å².